The van der Waals surface area contributed by atoms with Crippen LogP contribution >= 0.6 is 18.7 Å². The fraction of sp³-hybridized carbons (Fsp3) is 0.345. The van der Waals surface area contributed by atoms with E-state index in [1.807, 2.05) is 36.4 Å². The van der Waals surface area contributed by atoms with Gasteiger partial charge >= 0.3 is 0 Å². The number of nitrogens with one attached hydrogen (secondary N) is 3. The highest BCUT2D eigenvalue weighted by atomic mass is 35.5. The summed E-state index contributed by atoms with van der Waals surface area (Å²) >= 11 is 6.44. The van der Waals surface area contributed by atoms with E-state index in [0.717, 1.165) is 25.2 Å². The van der Waals surface area contributed by atoms with Gasteiger partial charge in [-0.2, -0.15) is 4.98 Å². The summed E-state index contributed by atoms with van der Waals surface area (Å²) in [6.07, 6.45) is 2.49. The van der Waals surface area contributed by atoms with E-state index < -0.39 is 7.14 Å². The summed E-state index contributed by atoms with van der Waals surface area (Å²) in [5, 5.41) is 10.4. The van der Waals surface area contributed by atoms with Gasteiger partial charge in [-0.3, -0.25) is 4.79 Å². The first-order chi connectivity index (χ1) is 19.4. The molecule has 0 bridgehead atoms. The molecule has 10 nitrogen and oxygen atoms in total. The number of hydrogen-bond acceptors (Lipinski definition) is 9. The van der Waals surface area contributed by atoms with E-state index in [1.165, 1.54) is 6.20 Å². The number of amides is 1. The van der Waals surface area contributed by atoms with Crippen molar-refractivity contribution in [2.45, 2.75) is 19.4 Å². The van der Waals surface area contributed by atoms with E-state index in [1.54, 1.807) is 27.4 Å². The molecule has 1 amide bonds. The Bertz CT molecular complexity index is 1510. The molecular weight excluding hydrogens is 561 g/mol. The lowest BCUT2D eigenvalue weighted by Gasteiger charge is -2.26. The molecule has 2 heterocycles. The Balaban J connectivity index is 1.69. The smallest absolute Gasteiger partial charge is 0.250 e. The molecule has 2 aromatic carbocycles. The van der Waals surface area contributed by atoms with Crippen LogP contribution in [0.3, 0.4) is 0 Å². The maximum absolute atomic E-state index is 12.8. The van der Waals surface area contributed by atoms with Gasteiger partial charge in [0.1, 0.15) is 17.9 Å². The third-order valence-corrected chi connectivity index (χ3v) is 8.74. The molecule has 1 saturated heterocycles. The van der Waals surface area contributed by atoms with Crippen LogP contribution in [-0.4, -0.2) is 74.4 Å². The Kier molecular flexibility index (Phi) is 9.27. The molecule has 41 heavy (non-hydrogen) atoms. The number of nitrogens with zero attached hydrogens (tertiary/aromatic N) is 4. The molecule has 0 unspecified atom stereocenters. The van der Waals surface area contributed by atoms with Crippen LogP contribution in [-0.2, 0) is 9.36 Å². The van der Waals surface area contributed by atoms with Gasteiger partial charge in [-0.05, 0) is 59.0 Å². The number of aromatic nitrogens is 2. The van der Waals surface area contributed by atoms with Crippen LogP contribution < -0.4 is 30.9 Å². The van der Waals surface area contributed by atoms with E-state index in [2.05, 4.69) is 56.4 Å². The number of methoxy groups -OCH3 is 1. The Morgan fingerprint density at radius 2 is 1.90 bits per heavy atom. The number of rotatable bonds is 10. The van der Waals surface area contributed by atoms with Gasteiger partial charge in [0.05, 0.1) is 36.1 Å². The lowest BCUT2D eigenvalue weighted by molar-refractivity contribution is -0.112. The molecule has 0 saturated carbocycles. The molecule has 218 valence electrons. The second kappa shape index (κ2) is 12.5. The van der Waals surface area contributed by atoms with Crippen molar-refractivity contribution in [3.8, 4) is 5.75 Å². The van der Waals surface area contributed by atoms with Crippen LogP contribution in [0.15, 0.2) is 54.7 Å². The Morgan fingerprint density at radius 3 is 2.54 bits per heavy atom. The van der Waals surface area contributed by atoms with Gasteiger partial charge in [0, 0.05) is 36.1 Å². The number of halogens is 1. The van der Waals surface area contributed by atoms with Crippen molar-refractivity contribution in [2.75, 3.05) is 68.5 Å². The molecule has 1 aliphatic heterocycles. The fourth-order valence-electron chi connectivity index (χ4n) is 4.62. The zero-order valence-electron chi connectivity index (χ0n) is 24.3. The van der Waals surface area contributed by atoms with Crippen LogP contribution in [0, 0.1) is 0 Å². The standard InChI is InChI=1S/C29H37ClN7O3P/c1-18(2)28(38)33-22-14-23(25(40-5)15-24(22)37-13-12-19(17-37)36(3)4)34-29-31-16-20(30)27(35-29)32-21-10-8-9-11-26(21)41(6,7)39/h8-11,14-16,19H,1,12-13,17H2,2-7H3,(H,33,38)(H2,31,32,34,35)/t19-/m1/s1. The summed E-state index contributed by atoms with van der Waals surface area (Å²) in [7, 11) is 3.17. The Labute approximate surface area is 246 Å². The largest absolute Gasteiger partial charge is 0.494 e. The SMILES string of the molecule is C=C(C)C(=O)Nc1cc(Nc2ncc(Cl)c(Nc3ccccc3P(C)(C)=O)n2)c(OC)cc1N1CC[C@@H](N(C)C)C1. The topological polar surface area (TPSA) is 112 Å². The highest BCUT2D eigenvalue weighted by molar-refractivity contribution is 7.70. The molecule has 3 aromatic rings. The molecule has 0 spiro atoms. The predicted octanol–water partition coefficient (Wildman–Crippen LogP) is 5.53. The van der Waals surface area contributed by atoms with Gasteiger partial charge < -0.3 is 35.1 Å². The molecule has 0 radical (unpaired) electrons. The zero-order chi connectivity index (χ0) is 29.9. The third kappa shape index (κ3) is 7.19. The monoisotopic (exact) mass is 597 g/mol. The van der Waals surface area contributed by atoms with Crippen molar-refractivity contribution in [1.29, 1.82) is 0 Å². The average molecular weight is 598 g/mol. The number of carbonyl (C=O) groups is 1. The molecular formula is C29H37ClN7O3P. The second-order valence-corrected chi connectivity index (χ2v) is 14.3. The lowest BCUT2D eigenvalue weighted by Crippen LogP contribution is -2.31. The van der Waals surface area contributed by atoms with E-state index in [-0.39, 0.29) is 11.9 Å². The molecule has 0 aliphatic carbocycles. The molecule has 1 atom stereocenters. The molecule has 4 rings (SSSR count). The molecule has 3 N–H and O–H groups in total. The summed E-state index contributed by atoms with van der Waals surface area (Å²) < 4.78 is 18.6. The predicted molar refractivity (Wildman–Crippen MR) is 170 cm³/mol. The summed E-state index contributed by atoms with van der Waals surface area (Å²) in [4.78, 5) is 26.1. The summed E-state index contributed by atoms with van der Waals surface area (Å²) in [5.74, 6) is 0.881. The lowest BCUT2D eigenvalue weighted by atomic mass is 10.2. The van der Waals surface area contributed by atoms with Gasteiger partial charge in [0.2, 0.25) is 5.95 Å². The first-order valence-electron chi connectivity index (χ1n) is 13.2. The van der Waals surface area contributed by atoms with Crippen molar-refractivity contribution in [3.63, 3.8) is 0 Å². The van der Waals surface area contributed by atoms with Crippen molar-refractivity contribution >= 4 is 64.5 Å². The number of hydrogen-bond donors (Lipinski definition) is 3. The fourth-order valence-corrected chi connectivity index (χ4v) is 5.91. The van der Waals surface area contributed by atoms with Gasteiger partial charge in [0.15, 0.2) is 5.82 Å². The highest BCUT2D eigenvalue weighted by Crippen LogP contribution is 2.41. The summed E-state index contributed by atoms with van der Waals surface area (Å²) in [6.45, 7) is 10.5. The van der Waals surface area contributed by atoms with Crippen molar-refractivity contribution in [3.05, 3.63) is 59.8 Å². The van der Waals surface area contributed by atoms with Crippen LogP contribution in [0.4, 0.5) is 34.5 Å². The molecule has 1 aromatic heterocycles. The minimum absolute atomic E-state index is 0.252. The molecule has 12 heteroatoms. The summed E-state index contributed by atoms with van der Waals surface area (Å²) in [6, 6.07) is 11.5. The Morgan fingerprint density at radius 1 is 1.17 bits per heavy atom. The number of anilines is 6. The minimum Gasteiger partial charge on any atom is -0.494 e. The maximum atomic E-state index is 12.8. The quantitative estimate of drug-likeness (QED) is 0.205. The number of para-hydroxylation sites is 1. The van der Waals surface area contributed by atoms with Crippen LogP contribution in [0.2, 0.25) is 5.02 Å². The van der Waals surface area contributed by atoms with E-state index in [0.29, 0.717) is 50.6 Å². The zero-order valence-corrected chi connectivity index (χ0v) is 25.9. The average Bonchev–Trinajstić information content (AvgIpc) is 3.41. The van der Waals surface area contributed by atoms with E-state index in [4.69, 9.17) is 16.3 Å². The van der Waals surface area contributed by atoms with Gasteiger partial charge in [-0.15, -0.1) is 0 Å². The van der Waals surface area contributed by atoms with Crippen LogP contribution in [0.1, 0.15) is 13.3 Å². The first-order valence-corrected chi connectivity index (χ1v) is 16.2. The first kappa shape index (κ1) is 30.4. The summed E-state index contributed by atoms with van der Waals surface area (Å²) in [5.41, 5.74) is 3.07. The number of benzene rings is 2. The maximum Gasteiger partial charge on any atom is 0.250 e. The number of ether oxygens (including phenoxy) is 1. The number of likely N-dealkylation sites (N-methyl/N-ethyl adjacent to an activating group) is 1. The van der Waals surface area contributed by atoms with Crippen LogP contribution in [0.5, 0.6) is 5.75 Å². The van der Waals surface area contributed by atoms with Crippen molar-refractivity contribution in [2.24, 2.45) is 0 Å². The highest BCUT2D eigenvalue weighted by Gasteiger charge is 2.27. The second-order valence-electron chi connectivity index (χ2n) is 10.7. The molecule has 1 aliphatic rings. The van der Waals surface area contributed by atoms with Gasteiger partial charge in [0.25, 0.3) is 5.91 Å². The van der Waals surface area contributed by atoms with Gasteiger partial charge in [-0.25, -0.2) is 4.98 Å². The van der Waals surface area contributed by atoms with Crippen molar-refractivity contribution in [1.82, 2.24) is 14.9 Å². The van der Waals surface area contributed by atoms with Crippen molar-refractivity contribution < 1.29 is 14.1 Å². The molecule has 1 fully saturated rings. The van der Waals surface area contributed by atoms with E-state index >= 15 is 0 Å². The van der Waals surface area contributed by atoms with Gasteiger partial charge in [-0.1, -0.05) is 30.3 Å². The van der Waals surface area contributed by atoms with Crippen LogP contribution in [0.25, 0.3) is 0 Å². The number of carbonyl (C=O) groups excluding carboxylic acids is 1. The Hall–Kier alpha value is -3.59. The van der Waals surface area contributed by atoms with E-state index in [9.17, 15) is 9.36 Å². The minimum atomic E-state index is -2.56. The normalized spacial score (nSPS) is 15.1. The third-order valence-electron chi connectivity index (χ3n) is 6.92.